The molecule has 1 atom stereocenters. The van der Waals surface area contributed by atoms with Gasteiger partial charge in [0, 0.05) is 17.8 Å². The van der Waals surface area contributed by atoms with E-state index in [0.717, 1.165) is 11.7 Å². The van der Waals surface area contributed by atoms with Gasteiger partial charge in [-0.1, -0.05) is 11.6 Å². The Morgan fingerprint density at radius 3 is 2.77 bits per heavy atom. The van der Waals surface area contributed by atoms with Crippen molar-refractivity contribution in [2.24, 2.45) is 10.7 Å². The molecular formula is C15H24ClIN4O. The van der Waals surface area contributed by atoms with Crippen LogP contribution in [0.1, 0.15) is 19.8 Å². The van der Waals surface area contributed by atoms with Gasteiger partial charge in [-0.15, -0.1) is 24.0 Å². The van der Waals surface area contributed by atoms with Crippen molar-refractivity contribution in [3.63, 3.8) is 0 Å². The van der Waals surface area contributed by atoms with Crippen LogP contribution in [0.3, 0.4) is 0 Å². The molecule has 1 unspecified atom stereocenters. The third-order valence-electron chi connectivity index (χ3n) is 3.77. The summed E-state index contributed by atoms with van der Waals surface area (Å²) in [6.07, 6.45) is 2.59. The summed E-state index contributed by atoms with van der Waals surface area (Å²) in [6, 6.07) is 6.53. The third kappa shape index (κ3) is 5.48. The van der Waals surface area contributed by atoms with Gasteiger partial charge in [0.25, 0.3) is 0 Å². The lowest BCUT2D eigenvalue weighted by molar-refractivity contribution is 0.253. The van der Waals surface area contributed by atoms with Crippen LogP contribution in [-0.2, 0) is 0 Å². The Kier molecular flexibility index (Phi) is 7.71. The van der Waals surface area contributed by atoms with Crippen LogP contribution >= 0.6 is 35.6 Å². The highest BCUT2D eigenvalue weighted by Crippen LogP contribution is 2.27. The molecule has 124 valence electrons. The molecule has 7 heteroatoms. The van der Waals surface area contributed by atoms with E-state index < -0.39 is 0 Å². The van der Waals surface area contributed by atoms with Gasteiger partial charge in [-0.3, -0.25) is 9.89 Å². The Hall–Kier alpha value is -0.730. The lowest BCUT2D eigenvalue weighted by Gasteiger charge is -2.22. The maximum atomic E-state index is 6.07. The summed E-state index contributed by atoms with van der Waals surface area (Å²) in [5, 5.41) is 3.58. The van der Waals surface area contributed by atoms with Crippen LogP contribution < -0.4 is 15.8 Å². The fraction of sp³-hybridized carbons (Fsp3) is 0.533. The molecule has 1 aliphatic carbocycles. The SMILES string of the molecule is COc1ccc(NC(N)=NCC(C)N(C)C2CC2)cc1Cl.I. The van der Waals surface area contributed by atoms with Crippen LogP contribution in [0.15, 0.2) is 23.2 Å². The van der Waals surface area contributed by atoms with Gasteiger partial charge in [-0.05, 0) is 45.0 Å². The van der Waals surface area contributed by atoms with Crippen molar-refractivity contribution in [1.29, 1.82) is 0 Å². The van der Waals surface area contributed by atoms with E-state index in [4.69, 9.17) is 22.1 Å². The number of ether oxygens (including phenoxy) is 1. The molecule has 0 spiro atoms. The number of hydrogen-bond donors (Lipinski definition) is 2. The van der Waals surface area contributed by atoms with Gasteiger partial charge in [-0.25, -0.2) is 0 Å². The Morgan fingerprint density at radius 1 is 1.55 bits per heavy atom. The van der Waals surface area contributed by atoms with Crippen molar-refractivity contribution in [2.45, 2.75) is 31.8 Å². The van der Waals surface area contributed by atoms with Crippen molar-refractivity contribution in [3.8, 4) is 5.75 Å². The molecule has 0 bridgehead atoms. The van der Waals surface area contributed by atoms with Gasteiger partial charge in [0.15, 0.2) is 5.96 Å². The van der Waals surface area contributed by atoms with Crippen molar-refractivity contribution in [1.82, 2.24) is 4.90 Å². The maximum Gasteiger partial charge on any atom is 0.193 e. The lowest BCUT2D eigenvalue weighted by atomic mass is 10.3. The number of nitrogens with one attached hydrogen (secondary N) is 1. The first-order valence-electron chi connectivity index (χ1n) is 7.13. The van der Waals surface area contributed by atoms with E-state index in [1.54, 1.807) is 19.2 Å². The minimum atomic E-state index is 0. The first kappa shape index (κ1) is 19.3. The van der Waals surface area contributed by atoms with Crippen LogP contribution in [0.4, 0.5) is 5.69 Å². The van der Waals surface area contributed by atoms with E-state index in [1.165, 1.54) is 12.8 Å². The molecule has 3 N–H and O–H groups in total. The molecule has 1 fully saturated rings. The van der Waals surface area contributed by atoms with Gasteiger partial charge in [0.1, 0.15) is 5.75 Å². The fourth-order valence-corrected chi connectivity index (χ4v) is 2.39. The molecule has 1 aromatic rings. The van der Waals surface area contributed by atoms with Crippen LogP contribution in [0.25, 0.3) is 0 Å². The molecule has 0 heterocycles. The van der Waals surface area contributed by atoms with Crippen LogP contribution in [0.5, 0.6) is 5.75 Å². The molecule has 1 aliphatic rings. The lowest BCUT2D eigenvalue weighted by Crippen LogP contribution is -2.34. The molecule has 0 aliphatic heterocycles. The van der Waals surface area contributed by atoms with Crippen LogP contribution in [0.2, 0.25) is 5.02 Å². The zero-order valence-electron chi connectivity index (χ0n) is 13.2. The Labute approximate surface area is 154 Å². The smallest absolute Gasteiger partial charge is 0.193 e. The molecule has 22 heavy (non-hydrogen) atoms. The molecular weight excluding hydrogens is 415 g/mol. The summed E-state index contributed by atoms with van der Waals surface area (Å²) in [4.78, 5) is 6.75. The summed E-state index contributed by atoms with van der Waals surface area (Å²) in [7, 11) is 3.73. The molecule has 0 aromatic heterocycles. The predicted octanol–water partition coefficient (Wildman–Crippen LogP) is 3.18. The highest BCUT2D eigenvalue weighted by Gasteiger charge is 2.28. The normalized spacial score (nSPS) is 16.1. The van der Waals surface area contributed by atoms with Crippen molar-refractivity contribution < 1.29 is 4.74 Å². The quantitative estimate of drug-likeness (QED) is 0.407. The van der Waals surface area contributed by atoms with Crippen LogP contribution in [0, 0.1) is 0 Å². The molecule has 2 rings (SSSR count). The van der Waals surface area contributed by atoms with E-state index in [-0.39, 0.29) is 24.0 Å². The number of guanidine groups is 1. The Morgan fingerprint density at radius 2 is 2.23 bits per heavy atom. The van der Waals surface area contributed by atoms with E-state index in [9.17, 15) is 0 Å². The highest BCUT2D eigenvalue weighted by atomic mass is 127. The number of hydrogen-bond acceptors (Lipinski definition) is 3. The number of rotatable bonds is 6. The monoisotopic (exact) mass is 438 g/mol. The molecule has 5 nitrogen and oxygen atoms in total. The summed E-state index contributed by atoms with van der Waals surface area (Å²) >= 11 is 6.07. The second-order valence-electron chi connectivity index (χ2n) is 5.45. The van der Waals surface area contributed by atoms with Gasteiger partial charge >= 0.3 is 0 Å². The summed E-state index contributed by atoms with van der Waals surface area (Å²) in [6.45, 7) is 2.84. The van der Waals surface area contributed by atoms with E-state index >= 15 is 0 Å². The van der Waals surface area contributed by atoms with E-state index in [1.807, 2.05) is 6.07 Å². The van der Waals surface area contributed by atoms with Gasteiger partial charge in [-0.2, -0.15) is 0 Å². The summed E-state index contributed by atoms with van der Waals surface area (Å²) in [5.74, 6) is 1.03. The van der Waals surface area contributed by atoms with Crippen molar-refractivity contribution in [3.05, 3.63) is 23.2 Å². The van der Waals surface area contributed by atoms with Crippen LogP contribution in [-0.4, -0.2) is 43.6 Å². The molecule has 0 saturated heterocycles. The second kappa shape index (κ2) is 8.79. The topological polar surface area (TPSA) is 62.9 Å². The van der Waals surface area contributed by atoms with Crippen molar-refractivity contribution >= 4 is 47.2 Å². The summed E-state index contributed by atoms with van der Waals surface area (Å²) in [5.41, 5.74) is 6.71. The number of nitrogens with zero attached hydrogens (tertiary/aromatic N) is 2. The second-order valence-corrected chi connectivity index (χ2v) is 5.85. The number of methoxy groups -OCH3 is 1. The van der Waals surface area contributed by atoms with E-state index in [2.05, 4.69) is 29.2 Å². The highest BCUT2D eigenvalue weighted by molar-refractivity contribution is 14.0. The van der Waals surface area contributed by atoms with Crippen molar-refractivity contribution in [2.75, 3.05) is 26.0 Å². The molecule has 1 aromatic carbocycles. The number of likely N-dealkylation sites (N-methyl/N-ethyl adjacent to an activating group) is 1. The maximum absolute atomic E-state index is 6.07. The Balaban J connectivity index is 0.00000242. The molecule has 0 amide bonds. The number of aliphatic imine (C=N–C) groups is 1. The average Bonchev–Trinajstić information content (AvgIpc) is 3.28. The standard InChI is InChI=1S/C15H23ClN4O.HI/c1-10(20(2)12-5-6-12)9-18-15(17)19-11-4-7-14(21-3)13(16)8-11;/h4,7-8,10,12H,5-6,9H2,1-3H3,(H3,17,18,19);1H. The van der Waals surface area contributed by atoms with E-state index in [0.29, 0.717) is 29.3 Å². The number of benzene rings is 1. The zero-order chi connectivity index (χ0) is 15.4. The largest absolute Gasteiger partial charge is 0.495 e. The minimum absolute atomic E-state index is 0. The fourth-order valence-electron chi connectivity index (χ4n) is 2.13. The van der Waals surface area contributed by atoms with Gasteiger partial charge in [0.05, 0.1) is 18.7 Å². The Bertz CT molecular complexity index is 522. The van der Waals surface area contributed by atoms with Gasteiger partial charge < -0.3 is 15.8 Å². The average molecular weight is 439 g/mol. The number of anilines is 1. The molecule has 1 saturated carbocycles. The number of nitrogens with two attached hydrogens (primary N) is 1. The van der Waals surface area contributed by atoms with Gasteiger partial charge in [0.2, 0.25) is 0 Å². The third-order valence-corrected chi connectivity index (χ3v) is 4.06. The predicted molar refractivity (Wildman–Crippen MR) is 104 cm³/mol. The zero-order valence-corrected chi connectivity index (χ0v) is 16.3. The first-order valence-corrected chi connectivity index (χ1v) is 7.51. The number of halogens is 2. The first-order chi connectivity index (χ1) is 10.0. The molecule has 0 radical (unpaired) electrons. The summed E-state index contributed by atoms with van der Waals surface area (Å²) < 4.78 is 5.11. The minimum Gasteiger partial charge on any atom is -0.495 e.